The molecular weight excluding hydrogens is 292 g/mol. The minimum Gasteiger partial charge on any atom is -0.508 e. The first-order chi connectivity index (χ1) is 11.3. The van der Waals surface area contributed by atoms with Crippen LogP contribution in [0.4, 0.5) is 0 Å². The summed E-state index contributed by atoms with van der Waals surface area (Å²) in [7, 11) is 0. The molecule has 0 radical (unpaired) electrons. The number of hydrogen-bond donors (Lipinski definition) is 1. The lowest BCUT2D eigenvalue weighted by Gasteiger charge is -2.45. The normalized spacial score (nSPS) is 24.1. The van der Waals surface area contributed by atoms with E-state index < -0.39 is 5.79 Å². The Balaban J connectivity index is 1.77. The molecule has 0 saturated heterocycles. The highest BCUT2D eigenvalue weighted by atomic mass is 16.7. The Kier molecular flexibility index (Phi) is 2.37. The van der Waals surface area contributed by atoms with Crippen molar-refractivity contribution in [2.24, 2.45) is 0 Å². The summed E-state index contributed by atoms with van der Waals surface area (Å²) in [6.45, 7) is 0. The van der Waals surface area contributed by atoms with Gasteiger partial charge in [0.25, 0.3) is 0 Å². The number of hydrogen-bond acceptors (Lipinski definition) is 4. The van der Waals surface area contributed by atoms with Gasteiger partial charge in [-0.15, -0.1) is 0 Å². The van der Waals surface area contributed by atoms with E-state index in [9.17, 15) is 5.11 Å². The number of para-hydroxylation sites is 1. The Morgan fingerprint density at radius 1 is 0.913 bits per heavy atom. The number of aromatic hydroxyl groups is 1. The smallest absolute Gasteiger partial charge is 0.311 e. The van der Waals surface area contributed by atoms with Crippen LogP contribution in [0.25, 0.3) is 0 Å². The Labute approximate surface area is 132 Å². The van der Waals surface area contributed by atoms with E-state index in [1.54, 1.807) is 18.4 Å². The fraction of sp³-hybridized carbons (Fsp3) is 0.158. The van der Waals surface area contributed by atoms with Crippen molar-refractivity contribution in [3.63, 3.8) is 0 Å². The van der Waals surface area contributed by atoms with Gasteiger partial charge in [-0.1, -0.05) is 24.3 Å². The number of benzene rings is 2. The summed E-state index contributed by atoms with van der Waals surface area (Å²) in [4.78, 5) is 0. The van der Waals surface area contributed by atoms with Gasteiger partial charge in [0, 0.05) is 29.5 Å². The predicted octanol–water partition coefficient (Wildman–Crippen LogP) is 4.15. The second-order valence-corrected chi connectivity index (χ2v) is 5.95. The lowest BCUT2D eigenvalue weighted by Crippen LogP contribution is -2.46. The van der Waals surface area contributed by atoms with Gasteiger partial charge in [0.15, 0.2) is 5.76 Å². The minimum absolute atomic E-state index is 0.134. The third-order valence-corrected chi connectivity index (χ3v) is 4.59. The summed E-state index contributed by atoms with van der Waals surface area (Å²) in [5.41, 5.74) is 2.19. The number of phenolic OH excluding ortho intramolecular Hbond substituents is 1. The average molecular weight is 306 g/mol. The van der Waals surface area contributed by atoms with Crippen LogP contribution in [0.5, 0.6) is 17.2 Å². The van der Waals surface area contributed by atoms with Crippen LogP contribution in [0.1, 0.15) is 29.2 Å². The topological polar surface area (TPSA) is 51.8 Å². The molecule has 0 amide bonds. The molecule has 1 aromatic heterocycles. The van der Waals surface area contributed by atoms with Crippen LogP contribution in [0.3, 0.4) is 0 Å². The van der Waals surface area contributed by atoms with Gasteiger partial charge in [-0.25, -0.2) is 0 Å². The molecule has 2 aromatic carbocycles. The monoisotopic (exact) mass is 306 g/mol. The summed E-state index contributed by atoms with van der Waals surface area (Å²) in [5.74, 6) is 1.38. The van der Waals surface area contributed by atoms with Crippen LogP contribution in [-0.4, -0.2) is 5.11 Å². The maximum atomic E-state index is 9.82. The molecule has 2 atom stereocenters. The zero-order valence-corrected chi connectivity index (χ0v) is 12.2. The highest BCUT2D eigenvalue weighted by Gasteiger charge is 2.51. The van der Waals surface area contributed by atoms with Gasteiger partial charge < -0.3 is 19.0 Å². The Morgan fingerprint density at radius 3 is 2.61 bits per heavy atom. The first-order valence-electron chi connectivity index (χ1n) is 7.59. The van der Waals surface area contributed by atoms with Crippen molar-refractivity contribution >= 4 is 0 Å². The standard InChI is InChI=1S/C19H14O4/c20-12-7-8-14-15-11-19(23-17(14)10-12,18-6-3-9-21-18)22-16-5-2-1-4-13(15)16/h1-10,15,20H,11H2/t15-,19-/m1/s1. The molecule has 23 heavy (non-hydrogen) atoms. The molecule has 4 nitrogen and oxygen atoms in total. The first kappa shape index (κ1) is 12.6. The van der Waals surface area contributed by atoms with Crippen LogP contribution in [0.15, 0.2) is 65.3 Å². The van der Waals surface area contributed by atoms with E-state index >= 15 is 0 Å². The van der Waals surface area contributed by atoms with E-state index in [-0.39, 0.29) is 11.7 Å². The van der Waals surface area contributed by atoms with Gasteiger partial charge in [0.1, 0.15) is 17.2 Å². The molecule has 0 spiro atoms. The van der Waals surface area contributed by atoms with Crippen molar-refractivity contribution in [3.8, 4) is 17.2 Å². The Bertz CT molecular complexity index is 884. The fourth-order valence-electron chi connectivity index (χ4n) is 3.57. The molecule has 2 bridgehead atoms. The van der Waals surface area contributed by atoms with Crippen molar-refractivity contribution < 1.29 is 19.0 Å². The number of furan rings is 1. The quantitative estimate of drug-likeness (QED) is 0.734. The molecule has 0 aliphatic carbocycles. The molecule has 0 unspecified atom stereocenters. The van der Waals surface area contributed by atoms with E-state index in [0.29, 0.717) is 17.9 Å². The van der Waals surface area contributed by atoms with Crippen molar-refractivity contribution in [1.82, 2.24) is 0 Å². The van der Waals surface area contributed by atoms with Crippen LogP contribution in [0.2, 0.25) is 0 Å². The van der Waals surface area contributed by atoms with Crippen molar-refractivity contribution in [1.29, 1.82) is 0 Å². The van der Waals surface area contributed by atoms with Gasteiger partial charge in [-0.05, 0) is 24.3 Å². The van der Waals surface area contributed by atoms with Crippen molar-refractivity contribution in [2.45, 2.75) is 18.1 Å². The van der Waals surface area contributed by atoms with Crippen LogP contribution in [-0.2, 0) is 5.79 Å². The number of phenols is 1. The maximum absolute atomic E-state index is 9.82. The lowest BCUT2D eigenvalue weighted by atomic mass is 9.79. The van der Waals surface area contributed by atoms with Crippen LogP contribution < -0.4 is 9.47 Å². The maximum Gasteiger partial charge on any atom is 0.311 e. The zero-order chi connectivity index (χ0) is 15.4. The molecule has 5 rings (SSSR count). The summed E-state index contributed by atoms with van der Waals surface area (Å²) >= 11 is 0. The summed E-state index contributed by atoms with van der Waals surface area (Å²) < 4.78 is 18.0. The van der Waals surface area contributed by atoms with Crippen molar-refractivity contribution in [2.75, 3.05) is 0 Å². The van der Waals surface area contributed by atoms with Crippen LogP contribution >= 0.6 is 0 Å². The number of ether oxygens (including phenoxy) is 2. The molecular formula is C19H14O4. The number of fused-ring (bicyclic) bond motifs is 6. The largest absolute Gasteiger partial charge is 0.508 e. The highest BCUT2D eigenvalue weighted by molar-refractivity contribution is 5.53. The van der Waals surface area contributed by atoms with Gasteiger partial charge in [0.2, 0.25) is 0 Å². The molecule has 3 heterocycles. The Hall–Kier alpha value is -2.88. The molecule has 2 aliphatic rings. The molecule has 114 valence electrons. The average Bonchev–Trinajstić information content (AvgIpc) is 3.09. The van der Waals surface area contributed by atoms with E-state index in [1.807, 2.05) is 36.4 Å². The van der Waals surface area contributed by atoms with E-state index in [4.69, 9.17) is 13.9 Å². The lowest BCUT2D eigenvalue weighted by molar-refractivity contribution is -0.161. The third-order valence-electron chi connectivity index (χ3n) is 4.59. The first-order valence-corrected chi connectivity index (χ1v) is 7.59. The summed E-state index contributed by atoms with van der Waals surface area (Å²) in [5, 5.41) is 9.82. The van der Waals surface area contributed by atoms with Gasteiger partial charge in [-0.3, -0.25) is 0 Å². The molecule has 1 N–H and O–H groups in total. The summed E-state index contributed by atoms with van der Waals surface area (Å²) in [6, 6.07) is 16.9. The van der Waals surface area contributed by atoms with Crippen LogP contribution in [0, 0.1) is 0 Å². The minimum atomic E-state index is -0.997. The third kappa shape index (κ3) is 1.72. The van der Waals surface area contributed by atoms with Gasteiger partial charge in [-0.2, -0.15) is 0 Å². The summed E-state index contributed by atoms with van der Waals surface area (Å²) in [6.07, 6.45) is 2.25. The second kappa shape index (κ2) is 4.32. The Morgan fingerprint density at radius 2 is 1.74 bits per heavy atom. The SMILES string of the molecule is Oc1ccc2c(c1)O[C@@]1(c3ccco3)C[C@@H]2c2ccccc2O1. The molecule has 4 heteroatoms. The molecule has 3 aromatic rings. The van der Waals surface area contributed by atoms with Crippen molar-refractivity contribution in [3.05, 3.63) is 77.7 Å². The number of rotatable bonds is 1. The van der Waals surface area contributed by atoms with E-state index in [0.717, 1.165) is 16.9 Å². The molecule has 0 fully saturated rings. The predicted molar refractivity (Wildman–Crippen MR) is 82.7 cm³/mol. The van der Waals surface area contributed by atoms with E-state index in [1.165, 1.54) is 0 Å². The van der Waals surface area contributed by atoms with Gasteiger partial charge >= 0.3 is 5.79 Å². The molecule has 2 aliphatic heterocycles. The fourth-order valence-corrected chi connectivity index (χ4v) is 3.57. The zero-order valence-electron chi connectivity index (χ0n) is 12.2. The highest BCUT2D eigenvalue weighted by Crippen LogP contribution is 2.55. The second-order valence-electron chi connectivity index (χ2n) is 5.95. The van der Waals surface area contributed by atoms with E-state index in [2.05, 4.69) is 6.07 Å². The van der Waals surface area contributed by atoms with Gasteiger partial charge in [0.05, 0.1) is 6.26 Å². The molecule has 0 saturated carbocycles.